The zero-order valence-electron chi connectivity index (χ0n) is 21.2. The van der Waals surface area contributed by atoms with Crippen molar-refractivity contribution in [2.75, 3.05) is 18.0 Å². The van der Waals surface area contributed by atoms with E-state index in [-0.39, 0.29) is 5.56 Å². The van der Waals surface area contributed by atoms with Crippen LogP contribution in [0.25, 0.3) is 22.1 Å². The fourth-order valence-corrected chi connectivity index (χ4v) is 4.78. The van der Waals surface area contributed by atoms with Crippen molar-refractivity contribution in [3.63, 3.8) is 0 Å². The van der Waals surface area contributed by atoms with Gasteiger partial charge in [-0.25, -0.2) is 19.6 Å². The molecule has 0 unspecified atom stereocenters. The average molecular weight is 483 g/mol. The Bertz CT molecular complexity index is 1620. The minimum atomic E-state index is -0.181. The predicted octanol–water partition coefficient (Wildman–Crippen LogP) is 3.35. The van der Waals surface area contributed by atoms with Crippen LogP contribution in [0.3, 0.4) is 0 Å². The maximum absolute atomic E-state index is 13.6. The van der Waals surface area contributed by atoms with Crippen LogP contribution in [0.1, 0.15) is 42.3 Å². The van der Waals surface area contributed by atoms with E-state index in [0.29, 0.717) is 48.7 Å². The van der Waals surface area contributed by atoms with Crippen LogP contribution in [0, 0.1) is 38.0 Å². The largest absolute Gasteiger partial charge is 0.337 e. The Labute approximate surface area is 209 Å². The molecule has 36 heavy (non-hydrogen) atoms. The van der Waals surface area contributed by atoms with Crippen molar-refractivity contribution >= 4 is 33.7 Å². The molecule has 0 bridgehead atoms. The van der Waals surface area contributed by atoms with E-state index in [9.17, 15) is 4.79 Å². The molecule has 1 aliphatic heterocycles. The standard InChI is InChI=1S/C27H30N8O/c1-5-6-11-34-25-23(32-27(34)33-10-7-8-21(28)16-33)15-29-35(26(25)36)12-9-20-13-17(2)24-22(14-20)30-18(3)19(4)31-24/h13-15,28H,7-12,16H2,1-4H3. The Kier molecular flexibility index (Phi) is 6.27. The lowest BCUT2D eigenvalue weighted by Gasteiger charge is -2.28. The Hall–Kier alpha value is -4.06. The molecule has 1 saturated heterocycles. The first-order valence-corrected chi connectivity index (χ1v) is 12.3. The average Bonchev–Trinajstić information content (AvgIpc) is 3.23. The van der Waals surface area contributed by atoms with Crippen molar-refractivity contribution in [3.8, 4) is 11.8 Å². The van der Waals surface area contributed by atoms with Gasteiger partial charge in [0.25, 0.3) is 5.56 Å². The first kappa shape index (κ1) is 23.7. The number of hydrogen-bond donors (Lipinski definition) is 1. The minimum Gasteiger partial charge on any atom is -0.337 e. The van der Waals surface area contributed by atoms with Crippen LogP contribution in [0.2, 0.25) is 0 Å². The van der Waals surface area contributed by atoms with Gasteiger partial charge in [-0.05, 0) is 64.2 Å². The fourth-order valence-electron chi connectivity index (χ4n) is 4.78. The highest BCUT2D eigenvalue weighted by atomic mass is 16.1. The van der Waals surface area contributed by atoms with E-state index in [1.54, 1.807) is 13.1 Å². The topological polar surface area (TPSA) is 106 Å². The molecule has 1 aromatic carbocycles. The lowest BCUT2D eigenvalue weighted by atomic mass is 10.1. The quantitative estimate of drug-likeness (QED) is 0.438. The lowest BCUT2D eigenvalue weighted by molar-refractivity contribution is 0.581. The summed E-state index contributed by atoms with van der Waals surface area (Å²) in [4.78, 5) is 29.8. The van der Waals surface area contributed by atoms with E-state index in [2.05, 4.69) is 34.0 Å². The third-order valence-corrected chi connectivity index (χ3v) is 6.76. The molecule has 184 valence electrons. The van der Waals surface area contributed by atoms with E-state index in [4.69, 9.17) is 20.4 Å². The molecule has 0 aliphatic carbocycles. The van der Waals surface area contributed by atoms with Gasteiger partial charge < -0.3 is 10.3 Å². The number of aromatic nitrogens is 6. The van der Waals surface area contributed by atoms with Crippen LogP contribution in [-0.2, 0) is 19.5 Å². The van der Waals surface area contributed by atoms with Gasteiger partial charge in [-0.3, -0.25) is 9.36 Å². The molecule has 3 aromatic heterocycles. The molecule has 4 heterocycles. The van der Waals surface area contributed by atoms with Gasteiger partial charge >= 0.3 is 0 Å². The fraction of sp³-hybridized carbons (Fsp3) is 0.407. The summed E-state index contributed by atoms with van der Waals surface area (Å²) in [6.45, 7) is 9.90. The smallest absolute Gasteiger partial charge is 0.293 e. The van der Waals surface area contributed by atoms with Crippen LogP contribution in [0.5, 0.6) is 0 Å². The van der Waals surface area contributed by atoms with Gasteiger partial charge in [-0.15, -0.1) is 5.92 Å². The summed E-state index contributed by atoms with van der Waals surface area (Å²) in [7, 11) is 0. The monoisotopic (exact) mass is 482 g/mol. The van der Waals surface area contributed by atoms with Crippen molar-refractivity contribution in [2.24, 2.45) is 0 Å². The molecule has 9 nitrogen and oxygen atoms in total. The molecular formula is C27H30N8O. The van der Waals surface area contributed by atoms with Gasteiger partial charge in [0.15, 0.2) is 0 Å². The van der Waals surface area contributed by atoms with Gasteiger partial charge in [-0.1, -0.05) is 12.0 Å². The summed E-state index contributed by atoms with van der Waals surface area (Å²) in [5.74, 6) is 6.69. The number of nitrogens with zero attached hydrogens (tertiary/aromatic N) is 7. The zero-order chi connectivity index (χ0) is 25.4. The maximum Gasteiger partial charge on any atom is 0.293 e. The summed E-state index contributed by atoms with van der Waals surface area (Å²) in [5, 5.41) is 12.5. The van der Waals surface area contributed by atoms with Crippen molar-refractivity contribution < 1.29 is 0 Å². The molecule has 0 amide bonds. The zero-order valence-corrected chi connectivity index (χ0v) is 21.2. The van der Waals surface area contributed by atoms with Crippen molar-refractivity contribution in [3.05, 3.63) is 51.2 Å². The van der Waals surface area contributed by atoms with Crippen molar-refractivity contribution in [1.82, 2.24) is 29.3 Å². The summed E-state index contributed by atoms with van der Waals surface area (Å²) < 4.78 is 3.39. The van der Waals surface area contributed by atoms with E-state index in [1.807, 2.05) is 25.3 Å². The Balaban J connectivity index is 1.50. The molecule has 9 heteroatoms. The highest BCUT2D eigenvalue weighted by molar-refractivity contribution is 5.87. The summed E-state index contributed by atoms with van der Waals surface area (Å²) in [6, 6.07) is 4.16. The van der Waals surface area contributed by atoms with Gasteiger partial charge in [-0.2, -0.15) is 5.10 Å². The number of benzene rings is 1. The third-order valence-electron chi connectivity index (χ3n) is 6.76. The van der Waals surface area contributed by atoms with Crippen molar-refractivity contribution in [1.29, 1.82) is 5.41 Å². The van der Waals surface area contributed by atoms with E-state index >= 15 is 0 Å². The molecule has 0 saturated carbocycles. The van der Waals surface area contributed by atoms with E-state index < -0.39 is 0 Å². The van der Waals surface area contributed by atoms with Gasteiger partial charge in [0.2, 0.25) is 5.95 Å². The number of anilines is 1. The van der Waals surface area contributed by atoms with Crippen LogP contribution < -0.4 is 10.5 Å². The predicted molar refractivity (Wildman–Crippen MR) is 142 cm³/mol. The Morgan fingerprint density at radius 3 is 2.67 bits per heavy atom. The second-order valence-corrected chi connectivity index (χ2v) is 9.38. The Morgan fingerprint density at radius 2 is 1.89 bits per heavy atom. The molecule has 1 aliphatic rings. The van der Waals surface area contributed by atoms with E-state index in [1.165, 1.54) is 4.68 Å². The van der Waals surface area contributed by atoms with Crippen LogP contribution in [0.4, 0.5) is 5.95 Å². The van der Waals surface area contributed by atoms with Crippen LogP contribution >= 0.6 is 0 Å². The summed E-state index contributed by atoms with van der Waals surface area (Å²) in [6.07, 6.45) is 4.01. The lowest BCUT2D eigenvalue weighted by Crippen LogP contribution is -2.37. The molecule has 0 radical (unpaired) electrons. The normalized spacial score (nSPS) is 13.9. The van der Waals surface area contributed by atoms with Gasteiger partial charge in [0.1, 0.15) is 11.0 Å². The molecule has 4 aromatic rings. The molecule has 1 fully saturated rings. The summed E-state index contributed by atoms with van der Waals surface area (Å²) >= 11 is 0. The molecule has 5 rings (SSSR count). The second-order valence-electron chi connectivity index (χ2n) is 9.38. The highest BCUT2D eigenvalue weighted by Gasteiger charge is 2.23. The van der Waals surface area contributed by atoms with Gasteiger partial charge in [0.05, 0.1) is 41.7 Å². The highest BCUT2D eigenvalue weighted by Crippen LogP contribution is 2.23. The maximum atomic E-state index is 13.6. The SMILES string of the molecule is CC#CCn1c(N2CCCC(=N)C2)nc2cnn(CCc3cc(C)c4nc(C)c(C)nc4c3)c(=O)c21. The summed E-state index contributed by atoms with van der Waals surface area (Å²) in [5.41, 5.74) is 7.37. The van der Waals surface area contributed by atoms with Crippen molar-refractivity contribution in [2.45, 2.75) is 60.0 Å². The number of imidazole rings is 1. The molecule has 1 N–H and O–H groups in total. The Morgan fingerprint density at radius 1 is 1.08 bits per heavy atom. The van der Waals surface area contributed by atoms with Crippen LogP contribution in [-0.4, -0.2) is 48.1 Å². The number of piperidine rings is 1. The number of rotatable bonds is 5. The third kappa shape index (κ3) is 4.35. The minimum absolute atomic E-state index is 0.181. The van der Waals surface area contributed by atoms with E-state index in [0.717, 1.165) is 52.9 Å². The number of fused-ring (bicyclic) bond motifs is 2. The second kappa shape index (κ2) is 9.53. The molecule has 0 spiro atoms. The molecular weight excluding hydrogens is 452 g/mol. The van der Waals surface area contributed by atoms with Crippen LogP contribution in [0.15, 0.2) is 23.1 Å². The van der Waals surface area contributed by atoms with Gasteiger partial charge in [0, 0.05) is 18.8 Å². The first-order valence-electron chi connectivity index (χ1n) is 12.3. The first-order chi connectivity index (χ1) is 17.4. The molecule has 0 atom stereocenters. The number of hydrogen-bond acceptors (Lipinski definition) is 7. The number of aryl methyl sites for hydroxylation is 5. The number of nitrogens with one attached hydrogen (secondary N) is 1.